The Morgan fingerprint density at radius 1 is 1.14 bits per heavy atom. The maximum Gasteiger partial charge on any atom is 0.316 e. The number of nitrogens with two attached hydrogens (primary N) is 2. The molecule has 0 radical (unpaired) electrons. The summed E-state index contributed by atoms with van der Waals surface area (Å²) in [5, 5.41) is 7.02. The second-order valence-electron chi connectivity index (χ2n) is 7.01. The number of nitrogens with one attached hydrogen (secondary N) is 1. The number of carbonyl (C=O) groups is 1. The van der Waals surface area contributed by atoms with E-state index in [-0.39, 0.29) is 0 Å². The van der Waals surface area contributed by atoms with Gasteiger partial charge < -0.3 is 16.8 Å². The molecule has 0 bridgehead atoms. The van der Waals surface area contributed by atoms with E-state index >= 15 is 0 Å². The molecule has 8 nitrogen and oxygen atoms in total. The summed E-state index contributed by atoms with van der Waals surface area (Å²) in [5.74, 6) is 0.418. The first-order valence-corrected chi connectivity index (χ1v) is 9.68. The first-order valence-electron chi connectivity index (χ1n) is 9.68. The van der Waals surface area contributed by atoms with Gasteiger partial charge in [0, 0.05) is 25.0 Å². The Labute approximate surface area is 168 Å². The number of hydrogen-bond donors (Lipinski definition) is 3. The smallest absolute Gasteiger partial charge is 0.316 e. The summed E-state index contributed by atoms with van der Waals surface area (Å²) in [4.78, 5) is 16.2. The third kappa shape index (κ3) is 4.11. The topological polar surface area (TPSA) is 114 Å². The number of para-hydroxylation sites is 1. The fourth-order valence-corrected chi connectivity index (χ4v) is 3.54. The molecular formula is C21H24N7O+. The standard InChI is InChI=1S/C21H23N7O/c22-20-19(14-24-28(20)15-7-3-1-4-8-15)25-17-10-9-16(13-18(17)26-21(23)29)27-11-5-2-6-12-27/h1,3-4,7-10,13-14H,2,5-6,11-12H2,(H4,22,23,24,26,29)/p+1. The quantitative estimate of drug-likeness (QED) is 0.552. The van der Waals surface area contributed by atoms with Crippen molar-refractivity contribution < 1.29 is 9.37 Å². The van der Waals surface area contributed by atoms with Gasteiger partial charge in [0.1, 0.15) is 18.8 Å². The van der Waals surface area contributed by atoms with Crippen LogP contribution in [0.25, 0.3) is 5.69 Å². The number of urea groups is 1. The van der Waals surface area contributed by atoms with Crippen molar-refractivity contribution in [3.63, 3.8) is 0 Å². The Bertz CT molecular complexity index is 1040. The summed E-state index contributed by atoms with van der Waals surface area (Å²) < 4.78 is 3.93. The molecule has 148 valence electrons. The van der Waals surface area contributed by atoms with Crippen LogP contribution < -0.4 is 16.8 Å². The molecule has 1 aliphatic heterocycles. The molecule has 1 aliphatic carbocycles. The third-order valence-corrected chi connectivity index (χ3v) is 4.99. The number of carbonyl (C=O) groups excluding carboxylic acids is 1. The van der Waals surface area contributed by atoms with E-state index in [2.05, 4.69) is 20.0 Å². The monoisotopic (exact) mass is 390 g/mol. The summed E-state index contributed by atoms with van der Waals surface area (Å²) in [6.45, 7) is 2.01. The molecule has 1 fully saturated rings. The minimum absolute atomic E-state index is 0.418. The first kappa shape index (κ1) is 18.7. The number of amides is 2. The lowest BCUT2D eigenvalue weighted by Gasteiger charge is -2.15. The number of anilines is 1. The predicted octanol–water partition coefficient (Wildman–Crippen LogP) is 2.29. The lowest BCUT2D eigenvalue weighted by Crippen LogP contribution is -2.34. The van der Waals surface area contributed by atoms with Gasteiger partial charge in [-0.1, -0.05) is 18.2 Å². The Kier molecular flexibility index (Phi) is 5.24. The van der Waals surface area contributed by atoms with Crippen LogP contribution in [0.4, 0.5) is 16.3 Å². The van der Waals surface area contributed by atoms with E-state index in [4.69, 9.17) is 11.5 Å². The lowest BCUT2D eigenvalue weighted by molar-refractivity contribution is -0.535. The maximum atomic E-state index is 11.5. The molecule has 2 aliphatic rings. The number of hydrogen-bond acceptors (Lipinski definition) is 4. The van der Waals surface area contributed by atoms with Gasteiger partial charge in [0.05, 0.1) is 23.3 Å². The van der Waals surface area contributed by atoms with Crippen LogP contribution in [-0.4, -0.2) is 44.9 Å². The van der Waals surface area contributed by atoms with Gasteiger partial charge in [0.15, 0.2) is 5.82 Å². The highest BCUT2D eigenvalue weighted by atomic mass is 16.2. The van der Waals surface area contributed by atoms with Crippen LogP contribution in [0.1, 0.15) is 19.3 Å². The molecule has 8 heteroatoms. The summed E-state index contributed by atoms with van der Waals surface area (Å²) in [5.41, 5.74) is 15.2. The van der Waals surface area contributed by atoms with Crippen molar-refractivity contribution in [2.45, 2.75) is 19.3 Å². The van der Waals surface area contributed by atoms with Gasteiger partial charge in [-0.15, -0.1) is 0 Å². The molecule has 4 rings (SSSR count). The van der Waals surface area contributed by atoms with Crippen molar-refractivity contribution in [1.82, 2.24) is 15.1 Å². The molecule has 2 aromatic rings. The summed E-state index contributed by atoms with van der Waals surface area (Å²) in [6, 6.07) is 8.97. The highest BCUT2D eigenvalue weighted by Crippen LogP contribution is 2.25. The molecular weight excluding hydrogens is 366 g/mol. The highest BCUT2D eigenvalue weighted by molar-refractivity contribution is 6.21. The van der Waals surface area contributed by atoms with Gasteiger partial charge in [-0.25, -0.2) is 19.0 Å². The van der Waals surface area contributed by atoms with Crippen molar-refractivity contribution in [1.29, 1.82) is 0 Å². The van der Waals surface area contributed by atoms with Crippen LogP contribution in [0.3, 0.4) is 0 Å². The van der Waals surface area contributed by atoms with Crippen LogP contribution in [0.15, 0.2) is 65.4 Å². The van der Waals surface area contributed by atoms with Crippen LogP contribution in [0, 0.1) is 0 Å². The predicted molar refractivity (Wildman–Crippen MR) is 114 cm³/mol. The second kappa shape index (κ2) is 8.14. The lowest BCUT2D eigenvalue weighted by atomic mass is 10.1. The molecule has 2 heterocycles. The number of aromatic nitrogens is 2. The first-order chi connectivity index (χ1) is 14.1. The van der Waals surface area contributed by atoms with E-state index in [0.717, 1.165) is 24.5 Å². The Morgan fingerprint density at radius 2 is 1.90 bits per heavy atom. The molecule has 0 unspecified atom stereocenters. The minimum Gasteiger partial charge on any atom is -0.382 e. The summed E-state index contributed by atoms with van der Waals surface area (Å²) >= 11 is 0. The molecule has 29 heavy (non-hydrogen) atoms. The second-order valence-corrected chi connectivity index (χ2v) is 7.01. The number of piperidine rings is 1. The van der Waals surface area contributed by atoms with E-state index < -0.39 is 6.03 Å². The third-order valence-electron chi connectivity index (χ3n) is 4.99. The molecule has 0 spiro atoms. The fourth-order valence-electron chi connectivity index (χ4n) is 3.54. The Balaban J connectivity index is 1.69. The molecule has 0 atom stereocenters. The SMILES string of the molecule is NC(=O)NC1=CC(=[N+]2CCCCC2)C=CC1=Nc1cnn(-c2ccccc2)c1N. The molecule has 0 saturated carbocycles. The number of allylic oxidation sites excluding steroid dienone is 3. The van der Waals surface area contributed by atoms with Crippen molar-refractivity contribution >= 4 is 29.0 Å². The minimum atomic E-state index is -0.634. The van der Waals surface area contributed by atoms with Gasteiger partial charge >= 0.3 is 6.03 Å². The zero-order chi connectivity index (χ0) is 20.2. The van der Waals surface area contributed by atoms with Crippen molar-refractivity contribution in [3.05, 3.63) is 60.5 Å². The van der Waals surface area contributed by atoms with E-state index in [0.29, 0.717) is 22.9 Å². The van der Waals surface area contributed by atoms with Crippen molar-refractivity contribution in [3.8, 4) is 5.69 Å². The van der Waals surface area contributed by atoms with Crippen LogP contribution in [0.5, 0.6) is 0 Å². The van der Waals surface area contributed by atoms with Crippen molar-refractivity contribution in [2.75, 3.05) is 18.8 Å². The van der Waals surface area contributed by atoms with Crippen LogP contribution in [-0.2, 0) is 0 Å². The zero-order valence-corrected chi connectivity index (χ0v) is 16.1. The number of aliphatic imine (C=N–C) groups is 1. The number of benzene rings is 1. The molecule has 5 N–H and O–H groups in total. The molecule has 1 saturated heterocycles. The Morgan fingerprint density at radius 3 is 2.62 bits per heavy atom. The zero-order valence-electron chi connectivity index (χ0n) is 16.1. The highest BCUT2D eigenvalue weighted by Gasteiger charge is 2.21. The number of nitrogen functional groups attached to an aromatic ring is 1. The van der Waals surface area contributed by atoms with Gasteiger partial charge in [-0.3, -0.25) is 0 Å². The molecule has 2 amide bonds. The Hall–Kier alpha value is -3.68. The van der Waals surface area contributed by atoms with E-state index in [1.807, 2.05) is 48.6 Å². The van der Waals surface area contributed by atoms with Gasteiger partial charge in [-0.2, -0.15) is 5.10 Å². The number of primary amides is 1. The van der Waals surface area contributed by atoms with Gasteiger partial charge in [-0.05, 0) is 24.6 Å². The summed E-state index contributed by atoms with van der Waals surface area (Å²) in [6.07, 6.45) is 11.0. The van der Waals surface area contributed by atoms with Crippen LogP contribution >= 0.6 is 0 Å². The van der Waals surface area contributed by atoms with E-state index in [9.17, 15) is 4.79 Å². The molecule has 1 aromatic heterocycles. The number of rotatable bonds is 3. The average Bonchev–Trinajstić information content (AvgIpc) is 3.10. The van der Waals surface area contributed by atoms with E-state index in [1.165, 1.54) is 19.3 Å². The van der Waals surface area contributed by atoms with Gasteiger partial charge in [0.2, 0.25) is 5.71 Å². The maximum absolute atomic E-state index is 11.5. The number of nitrogens with zero attached hydrogens (tertiary/aromatic N) is 4. The summed E-state index contributed by atoms with van der Waals surface area (Å²) in [7, 11) is 0. The largest absolute Gasteiger partial charge is 0.382 e. The van der Waals surface area contributed by atoms with Gasteiger partial charge in [0.25, 0.3) is 0 Å². The molecule has 1 aromatic carbocycles. The average molecular weight is 390 g/mol. The fraction of sp³-hybridized carbons (Fsp3) is 0.238. The van der Waals surface area contributed by atoms with Crippen molar-refractivity contribution in [2.24, 2.45) is 10.7 Å². The normalized spacial score (nSPS) is 18.1. The van der Waals surface area contributed by atoms with Crippen LogP contribution in [0.2, 0.25) is 0 Å². The van der Waals surface area contributed by atoms with E-state index in [1.54, 1.807) is 10.9 Å².